The van der Waals surface area contributed by atoms with Crippen molar-refractivity contribution in [2.24, 2.45) is 0 Å². The first-order valence-corrected chi connectivity index (χ1v) is 6.18. The molecular formula is C12H15F3N2O5U. The predicted molar refractivity (Wildman–Crippen MR) is 68.6 cm³/mol. The van der Waals surface area contributed by atoms with Crippen LogP contribution in [0.15, 0.2) is 21.9 Å². The van der Waals surface area contributed by atoms with E-state index >= 15 is 0 Å². The van der Waals surface area contributed by atoms with Gasteiger partial charge in [-0.25, -0.2) is 4.79 Å². The molecule has 0 aliphatic carbocycles. The van der Waals surface area contributed by atoms with Gasteiger partial charge in [-0.3, -0.25) is 16.2 Å². The number of rotatable bonds is 3. The van der Waals surface area contributed by atoms with Crippen LogP contribution < -0.4 is 11.2 Å². The van der Waals surface area contributed by atoms with Crippen molar-refractivity contribution in [2.45, 2.75) is 25.1 Å². The summed E-state index contributed by atoms with van der Waals surface area (Å²) in [6, 6.07) is 1.25. The summed E-state index contributed by atoms with van der Waals surface area (Å²) in [6.45, 7) is 2.18. The Morgan fingerprint density at radius 1 is 1.52 bits per heavy atom. The molecule has 0 spiro atoms. The van der Waals surface area contributed by atoms with Gasteiger partial charge in [0.15, 0.2) is 0 Å². The van der Waals surface area contributed by atoms with E-state index in [0.717, 1.165) is 0 Å². The van der Waals surface area contributed by atoms with Crippen molar-refractivity contribution in [2.75, 3.05) is 13.2 Å². The number of aromatic nitrogens is 2. The number of nitrogens with one attached hydrogen (secondary N) is 1. The summed E-state index contributed by atoms with van der Waals surface area (Å²) < 4.78 is 42.1. The van der Waals surface area contributed by atoms with Crippen LogP contribution in [0.3, 0.4) is 0 Å². The second-order valence-corrected chi connectivity index (χ2v) is 4.11. The van der Waals surface area contributed by atoms with Gasteiger partial charge >= 0.3 is 43.2 Å². The summed E-state index contributed by atoms with van der Waals surface area (Å²) in [5.41, 5.74) is -0.949. The molecule has 1 fully saturated rings. The Kier molecular flexibility index (Phi) is 10.0. The molecule has 128 valence electrons. The number of halogens is 3. The van der Waals surface area contributed by atoms with Crippen molar-refractivity contribution in [3.05, 3.63) is 46.4 Å². The Balaban J connectivity index is 0.000000522. The van der Waals surface area contributed by atoms with Gasteiger partial charge in [-0.15, -0.1) is 19.6 Å². The molecule has 0 radical (unpaired) electrons. The molecule has 1 aliphatic rings. The number of hydrogen-bond donors (Lipinski definition) is 2. The molecular weight excluding hydrogens is 547 g/mol. The zero-order chi connectivity index (χ0) is 16.8. The number of ether oxygens (including phenoxy) is 2. The number of aromatic amines is 1. The molecule has 0 bridgehead atoms. The van der Waals surface area contributed by atoms with Crippen LogP contribution in [0.5, 0.6) is 0 Å². The Morgan fingerprint density at radius 2 is 2.17 bits per heavy atom. The Labute approximate surface area is 153 Å². The molecule has 2 rings (SSSR count). The molecule has 2 heterocycles. The molecule has 7 nitrogen and oxygen atoms in total. The first-order valence-electron chi connectivity index (χ1n) is 6.18. The van der Waals surface area contributed by atoms with Gasteiger partial charge in [-0.1, -0.05) is 6.61 Å². The minimum absolute atomic E-state index is 0. The number of aliphatic hydroxyl groups excluding tert-OH is 1. The fraction of sp³-hybridized carbons (Fsp3) is 0.500. The monoisotopic (exact) mass is 562 g/mol. The number of alkyl halides is 3. The maximum Gasteiger partial charge on any atom is 2.00 e. The predicted octanol–water partition coefficient (Wildman–Crippen LogP) is 0.378. The third kappa shape index (κ3) is 8.17. The van der Waals surface area contributed by atoms with Crippen LogP contribution in [0.25, 0.3) is 0 Å². The molecule has 2 atom stereocenters. The maximum absolute atomic E-state index is 11.4. The van der Waals surface area contributed by atoms with Crippen LogP contribution in [-0.2, 0) is 9.47 Å². The zero-order valence-corrected chi connectivity index (χ0v) is 16.0. The molecule has 23 heavy (non-hydrogen) atoms. The van der Waals surface area contributed by atoms with Crippen LogP contribution in [0.1, 0.15) is 12.6 Å². The number of H-pyrrole nitrogens is 1. The minimum Gasteiger partial charge on any atom is -0.394 e. The first kappa shape index (κ1) is 22.4. The van der Waals surface area contributed by atoms with E-state index in [1.165, 1.54) is 16.8 Å². The third-order valence-electron chi connectivity index (χ3n) is 2.53. The SMILES string of the molecule is O=c1ccn([C@H]2[CH-]C[C@@H](CO)O2)c(=O)[nH]1.[CH2-]COC(F)(F)F.[U+2]. The molecule has 0 unspecified atom stereocenters. The van der Waals surface area contributed by atoms with Gasteiger partial charge < -0.3 is 26.1 Å². The van der Waals surface area contributed by atoms with Crippen LogP contribution in [0.2, 0.25) is 0 Å². The van der Waals surface area contributed by atoms with Crippen LogP contribution >= 0.6 is 0 Å². The van der Waals surface area contributed by atoms with Crippen molar-refractivity contribution < 1.29 is 58.9 Å². The molecule has 2 N–H and O–H groups in total. The molecule has 1 aliphatic heterocycles. The second-order valence-electron chi connectivity index (χ2n) is 4.11. The maximum atomic E-state index is 11.4. The summed E-state index contributed by atoms with van der Waals surface area (Å²) >= 11 is 0. The fourth-order valence-corrected chi connectivity index (χ4v) is 1.62. The summed E-state index contributed by atoms with van der Waals surface area (Å²) in [6.07, 6.45) is -1.54. The Hall–Kier alpha value is -0.598. The van der Waals surface area contributed by atoms with E-state index in [0.29, 0.717) is 6.42 Å². The standard InChI is InChI=1S/C9H11N2O4.C3H4F3O.U/c12-5-6-1-2-8(15-6)11-4-3-7(13)10-9(11)14;1-2-7-3(4,5)6;/h2-4,6,8,12H,1,5H2,(H,10,13,14);1-2H2;/q2*-1;+2/t6-,8+;;/m0../s1. The van der Waals surface area contributed by atoms with E-state index in [9.17, 15) is 22.8 Å². The zero-order valence-electron chi connectivity index (χ0n) is 11.9. The van der Waals surface area contributed by atoms with Crippen LogP contribution in [0.4, 0.5) is 13.2 Å². The largest absolute Gasteiger partial charge is 2.00 e. The van der Waals surface area contributed by atoms with Crippen LogP contribution in [-0.4, -0.2) is 40.3 Å². The van der Waals surface area contributed by atoms with E-state index in [-0.39, 0.29) is 43.8 Å². The van der Waals surface area contributed by atoms with Gasteiger partial charge in [-0.05, 0) is 0 Å². The quantitative estimate of drug-likeness (QED) is 0.520. The molecule has 1 saturated heterocycles. The summed E-state index contributed by atoms with van der Waals surface area (Å²) in [5, 5.41) is 8.85. The molecule has 0 aromatic carbocycles. The van der Waals surface area contributed by atoms with Crippen molar-refractivity contribution in [1.82, 2.24) is 9.55 Å². The third-order valence-corrected chi connectivity index (χ3v) is 2.53. The number of aliphatic hydroxyl groups is 1. The summed E-state index contributed by atoms with van der Waals surface area (Å²) in [7, 11) is 0. The van der Waals surface area contributed by atoms with Crippen LogP contribution in [0, 0.1) is 44.5 Å². The molecule has 11 heteroatoms. The number of hydrogen-bond acceptors (Lipinski definition) is 5. The van der Waals surface area contributed by atoms with E-state index in [1.807, 2.05) is 0 Å². The van der Waals surface area contributed by atoms with E-state index < -0.39 is 30.4 Å². The second kappa shape index (κ2) is 10.3. The van der Waals surface area contributed by atoms with Gasteiger partial charge in [0.05, 0.1) is 12.7 Å². The van der Waals surface area contributed by atoms with Gasteiger partial charge in [-0.2, -0.15) is 0 Å². The smallest absolute Gasteiger partial charge is 0.394 e. The normalized spacial score (nSPS) is 20.4. The van der Waals surface area contributed by atoms with E-state index in [2.05, 4.69) is 16.6 Å². The summed E-state index contributed by atoms with van der Waals surface area (Å²) in [5.74, 6) is 0. The van der Waals surface area contributed by atoms with E-state index in [4.69, 9.17) is 9.84 Å². The van der Waals surface area contributed by atoms with Crippen molar-refractivity contribution in [3.63, 3.8) is 0 Å². The van der Waals surface area contributed by atoms with Crippen molar-refractivity contribution in [3.8, 4) is 0 Å². The van der Waals surface area contributed by atoms with Crippen molar-refractivity contribution in [1.29, 1.82) is 0 Å². The number of nitrogens with zero attached hydrogens (tertiary/aromatic N) is 1. The molecule has 0 amide bonds. The van der Waals surface area contributed by atoms with E-state index in [1.54, 1.807) is 6.42 Å². The van der Waals surface area contributed by atoms with Gasteiger partial charge in [0.2, 0.25) is 0 Å². The average Bonchev–Trinajstić information content (AvgIpc) is 2.86. The summed E-state index contributed by atoms with van der Waals surface area (Å²) in [4.78, 5) is 24.3. The molecule has 1 aromatic heterocycles. The molecule has 1 aromatic rings. The fourth-order valence-electron chi connectivity index (χ4n) is 1.62. The minimum atomic E-state index is -4.51. The first-order chi connectivity index (χ1) is 10.3. The van der Waals surface area contributed by atoms with Crippen molar-refractivity contribution >= 4 is 0 Å². The average molecular weight is 562 g/mol. The topological polar surface area (TPSA) is 93.5 Å². The molecule has 0 saturated carbocycles. The van der Waals surface area contributed by atoms with Gasteiger partial charge in [0.1, 0.15) is 0 Å². The Morgan fingerprint density at radius 3 is 2.57 bits per heavy atom. The van der Waals surface area contributed by atoms with Gasteiger partial charge in [0, 0.05) is 18.5 Å². The Bertz CT molecular complexity index is 575. The van der Waals surface area contributed by atoms with Gasteiger partial charge in [0.25, 0.3) is 5.56 Å².